The van der Waals surface area contributed by atoms with Crippen LogP contribution in [-0.4, -0.2) is 25.5 Å². The molecule has 1 aromatic carbocycles. The van der Waals surface area contributed by atoms with Crippen LogP contribution in [0.2, 0.25) is 5.02 Å². The summed E-state index contributed by atoms with van der Waals surface area (Å²) in [4.78, 5) is 6.70. The average Bonchev–Trinajstić information content (AvgIpc) is 2.91. The highest BCUT2D eigenvalue weighted by atomic mass is 35.5. The fraction of sp³-hybridized carbons (Fsp3) is 0.250. The van der Waals surface area contributed by atoms with Gasteiger partial charge in [-0.15, -0.1) is 0 Å². The maximum Gasteiger partial charge on any atom is 0.279 e. The Morgan fingerprint density at radius 2 is 2.20 bits per heavy atom. The Labute approximate surface area is 122 Å². The number of aromatic amines is 1. The number of aromatic nitrogens is 2. The van der Waals surface area contributed by atoms with Crippen LogP contribution in [0.4, 0.5) is 5.69 Å². The third kappa shape index (κ3) is 3.05. The summed E-state index contributed by atoms with van der Waals surface area (Å²) in [6.45, 7) is 1.88. The molecule has 0 unspecified atom stereocenters. The van der Waals surface area contributed by atoms with Gasteiger partial charge in [0.1, 0.15) is 11.6 Å². The van der Waals surface area contributed by atoms with Crippen LogP contribution < -0.4 is 9.46 Å². The van der Waals surface area contributed by atoms with Crippen molar-refractivity contribution in [2.45, 2.75) is 18.4 Å². The van der Waals surface area contributed by atoms with Crippen LogP contribution in [-0.2, 0) is 16.4 Å². The van der Waals surface area contributed by atoms with E-state index in [0.717, 1.165) is 0 Å². The lowest BCUT2D eigenvalue weighted by molar-refractivity contribution is 0.415. The van der Waals surface area contributed by atoms with Crippen LogP contribution in [0.1, 0.15) is 12.7 Å². The smallest absolute Gasteiger partial charge is 0.279 e. The molecule has 0 saturated heterocycles. The molecule has 20 heavy (non-hydrogen) atoms. The Morgan fingerprint density at radius 3 is 2.80 bits per heavy atom. The molecule has 2 N–H and O–H groups in total. The standard InChI is InChI=1S/C12H14ClN3O3S/c1-3-11-14-7-12(15-11)20(17,18)16-10-6-8(19-2)4-5-9(10)13/h4-7,16H,3H2,1-2H3,(H,14,15). The predicted molar refractivity (Wildman–Crippen MR) is 76.8 cm³/mol. The third-order valence-corrected chi connectivity index (χ3v) is 4.25. The van der Waals surface area contributed by atoms with Crippen molar-refractivity contribution < 1.29 is 13.2 Å². The molecule has 2 aromatic rings. The van der Waals surface area contributed by atoms with Crippen LogP contribution in [0.5, 0.6) is 5.75 Å². The summed E-state index contributed by atoms with van der Waals surface area (Å²) in [5, 5.41) is 0.276. The minimum atomic E-state index is -3.76. The number of anilines is 1. The minimum Gasteiger partial charge on any atom is -0.497 e. The van der Waals surface area contributed by atoms with Gasteiger partial charge in [0.15, 0.2) is 5.03 Å². The number of H-pyrrole nitrogens is 1. The van der Waals surface area contributed by atoms with Gasteiger partial charge in [0.05, 0.1) is 24.0 Å². The van der Waals surface area contributed by atoms with Crippen LogP contribution in [0.3, 0.4) is 0 Å². The number of hydrogen-bond acceptors (Lipinski definition) is 4. The van der Waals surface area contributed by atoms with Crippen molar-refractivity contribution in [3.05, 3.63) is 35.2 Å². The first-order chi connectivity index (χ1) is 9.46. The van der Waals surface area contributed by atoms with Gasteiger partial charge in [0.25, 0.3) is 10.0 Å². The lowest BCUT2D eigenvalue weighted by Crippen LogP contribution is -2.13. The molecule has 0 bridgehead atoms. The predicted octanol–water partition coefficient (Wildman–Crippen LogP) is 2.43. The maximum absolute atomic E-state index is 12.2. The first-order valence-corrected chi connectivity index (χ1v) is 7.72. The number of sulfonamides is 1. The molecule has 0 amide bonds. The van der Waals surface area contributed by atoms with E-state index < -0.39 is 10.0 Å². The van der Waals surface area contributed by atoms with Crippen molar-refractivity contribution in [3.8, 4) is 5.75 Å². The number of nitrogens with zero attached hydrogens (tertiary/aromatic N) is 1. The lowest BCUT2D eigenvalue weighted by Gasteiger charge is -2.09. The molecular formula is C12H14ClN3O3S. The normalized spacial score (nSPS) is 11.3. The zero-order valence-corrected chi connectivity index (χ0v) is 12.5. The van der Waals surface area contributed by atoms with Crippen molar-refractivity contribution in [2.24, 2.45) is 0 Å². The second kappa shape index (κ2) is 5.72. The van der Waals surface area contributed by atoms with E-state index in [-0.39, 0.29) is 15.7 Å². The van der Waals surface area contributed by atoms with E-state index in [9.17, 15) is 8.42 Å². The molecule has 1 heterocycles. The Morgan fingerprint density at radius 1 is 1.45 bits per heavy atom. The minimum absolute atomic E-state index is 0.00626. The third-order valence-electron chi connectivity index (χ3n) is 2.65. The number of methoxy groups -OCH3 is 1. The number of halogens is 1. The van der Waals surface area contributed by atoms with Gasteiger partial charge in [-0.3, -0.25) is 4.72 Å². The van der Waals surface area contributed by atoms with Gasteiger partial charge >= 0.3 is 0 Å². The van der Waals surface area contributed by atoms with E-state index in [1.165, 1.54) is 19.4 Å². The van der Waals surface area contributed by atoms with Crippen LogP contribution >= 0.6 is 11.6 Å². The SMILES string of the molecule is CCc1ncc(S(=O)(=O)Nc2cc(OC)ccc2Cl)[nH]1. The molecule has 8 heteroatoms. The first-order valence-electron chi connectivity index (χ1n) is 5.86. The number of rotatable bonds is 5. The van der Waals surface area contributed by atoms with Gasteiger partial charge in [-0.25, -0.2) is 4.98 Å². The molecular weight excluding hydrogens is 302 g/mol. The number of ether oxygens (including phenoxy) is 1. The van der Waals surface area contributed by atoms with Crippen LogP contribution in [0.25, 0.3) is 0 Å². The molecule has 108 valence electrons. The summed E-state index contributed by atoms with van der Waals surface area (Å²) in [7, 11) is -2.27. The Bertz CT molecular complexity index is 712. The van der Waals surface area contributed by atoms with Gasteiger partial charge in [-0.05, 0) is 12.1 Å². The second-order valence-corrected chi connectivity index (χ2v) is 6.06. The maximum atomic E-state index is 12.2. The molecule has 0 aliphatic heterocycles. The highest BCUT2D eigenvalue weighted by Gasteiger charge is 2.18. The molecule has 1 aromatic heterocycles. The first kappa shape index (κ1) is 14.7. The Kier molecular flexibility index (Phi) is 4.20. The van der Waals surface area contributed by atoms with E-state index in [2.05, 4.69) is 14.7 Å². The molecule has 0 fully saturated rings. The molecule has 0 atom stereocenters. The monoisotopic (exact) mass is 315 g/mol. The average molecular weight is 316 g/mol. The highest BCUT2D eigenvalue weighted by Crippen LogP contribution is 2.28. The van der Waals surface area contributed by atoms with Crippen LogP contribution in [0.15, 0.2) is 29.4 Å². The second-order valence-electron chi connectivity index (χ2n) is 4.00. The van der Waals surface area contributed by atoms with Crippen molar-refractivity contribution in [2.75, 3.05) is 11.8 Å². The molecule has 6 nitrogen and oxygen atoms in total. The number of imidazole rings is 1. The number of benzene rings is 1. The van der Waals surface area contributed by atoms with E-state index in [1.807, 2.05) is 6.92 Å². The van der Waals surface area contributed by atoms with E-state index in [4.69, 9.17) is 16.3 Å². The topological polar surface area (TPSA) is 84.1 Å². The zero-order chi connectivity index (χ0) is 14.8. The van der Waals surface area contributed by atoms with Gasteiger partial charge in [-0.1, -0.05) is 18.5 Å². The summed E-state index contributed by atoms with van der Waals surface area (Å²) in [5.74, 6) is 1.10. The summed E-state index contributed by atoms with van der Waals surface area (Å²) in [6.07, 6.45) is 1.89. The van der Waals surface area contributed by atoms with Crippen molar-refractivity contribution in [1.82, 2.24) is 9.97 Å². The van der Waals surface area contributed by atoms with Crippen molar-refractivity contribution in [1.29, 1.82) is 0 Å². The van der Waals surface area contributed by atoms with Crippen LogP contribution in [0, 0.1) is 0 Å². The molecule has 0 spiro atoms. The Hall–Kier alpha value is -1.73. The molecule has 2 rings (SSSR count). The van der Waals surface area contributed by atoms with E-state index in [1.54, 1.807) is 12.1 Å². The number of nitrogens with one attached hydrogen (secondary N) is 2. The van der Waals surface area contributed by atoms with Gasteiger partial charge in [0, 0.05) is 12.5 Å². The fourth-order valence-corrected chi connectivity index (χ4v) is 2.80. The number of aryl methyl sites for hydroxylation is 1. The zero-order valence-electron chi connectivity index (χ0n) is 11.0. The van der Waals surface area contributed by atoms with Gasteiger partial charge in [-0.2, -0.15) is 8.42 Å². The molecule has 0 saturated carbocycles. The fourth-order valence-electron chi connectivity index (χ4n) is 1.57. The molecule has 0 radical (unpaired) electrons. The van der Waals surface area contributed by atoms with Crippen molar-refractivity contribution >= 4 is 27.3 Å². The van der Waals surface area contributed by atoms with Crippen molar-refractivity contribution in [3.63, 3.8) is 0 Å². The van der Waals surface area contributed by atoms with Gasteiger partial charge in [0.2, 0.25) is 0 Å². The quantitative estimate of drug-likeness (QED) is 0.887. The summed E-state index contributed by atoms with van der Waals surface area (Å²) >= 11 is 5.97. The Balaban J connectivity index is 2.32. The summed E-state index contributed by atoms with van der Waals surface area (Å²) < 4.78 is 31.8. The summed E-state index contributed by atoms with van der Waals surface area (Å²) in [6, 6.07) is 4.71. The van der Waals surface area contributed by atoms with E-state index in [0.29, 0.717) is 18.0 Å². The largest absolute Gasteiger partial charge is 0.497 e. The number of hydrogen-bond donors (Lipinski definition) is 2. The summed E-state index contributed by atoms with van der Waals surface area (Å²) in [5.41, 5.74) is 0.249. The molecule has 0 aliphatic rings. The van der Waals surface area contributed by atoms with Gasteiger partial charge < -0.3 is 9.72 Å². The highest BCUT2D eigenvalue weighted by molar-refractivity contribution is 7.92. The lowest BCUT2D eigenvalue weighted by atomic mass is 10.3. The molecule has 0 aliphatic carbocycles. The van der Waals surface area contributed by atoms with E-state index >= 15 is 0 Å².